The van der Waals surface area contributed by atoms with Crippen LogP contribution in [-0.4, -0.2) is 12.6 Å². The van der Waals surface area contributed by atoms with Gasteiger partial charge in [-0.3, -0.25) is 0 Å². The third-order valence-electron chi connectivity index (χ3n) is 1.88. The lowest BCUT2D eigenvalue weighted by Crippen LogP contribution is -2.31. The van der Waals surface area contributed by atoms with Crippen LogP contribution in [-0.2, 0) is 6.42 Å². The second-order valence-corrected chi connectivity index (χ2v) is 3.01. The molecular formula is C10H13N3. The van der Waals surface area contributed by atoms with Gasteiger partial charge in [0, 0.05) is 12.6 Å². The highest BCUT2D eigenvalue weighted by atomic mass is 14.7. The maximum Gasteiger partial charge on any atom is 0.0991 e. The Morgan fingerprint density at radius 3 is 2.38 bits per heavy atom. The van der Waals surface area contributed by atoms with Crippen molar-refractivity contribution in [3.8, 4) is 6.07 Å². The average Bonchev–Trinajstić information content (AvgIpc) is 2.19. The van der Waals surface area contributed by atoms with Crippen LogP contribution in [0.3, 0.4) is 0 Å². The van der Waals surface area contributed by atoms with Crippen molar-refractivity contribution in [2.24, 2.45) is 11.5 Å². The number of nitriles is 1. The van der Waals surface area contributed by atoms with E-state index in [1.807, 2.05) is 12.1 Å². The number of hydrogen-bond acceptors (Lipinski definition) is 3. The first kappa shape index (κ1) is 9.72. The molecule has 68 valence electrons. The maximum absolute atomic E-state index is 8.56. The molecule has 1 unspecified atom stereocenters. The molecule has 0 aliphatic heterocycles. The van der Waals surface area contributed by atoms with E-state index in [0.717, 1.165) is 12.0 Å². The minimum absolute atomic E-state index is 0.00735. The SMILES string of the molecule is N#Cc1ccc(CC(N)CN)cc1. The highest BCUT2D eigenvalue weighted by Crippen LogP contribution is 2.04. The van der Waals surface area contributed by atoms with Crippen molar-refractivity contribution < 1.29 is 0 Å². The molecule has 0 aliphatic carbocycles. The monoisotopic (exact) mass is 175 g/mol. The molecule has 0 saturated heterocycles. The summed E-state index contributed by atoms with van der Waals surface area (Å²) in [7, 11) is 0. The first-order valence-corrected chi connectivity index (χ1v) is 4.21. The van der Waals surface area contributed by atoms with Gasteiger partial charge in [-0.1, -0.05) is 12.1 Å². The van der Waals surface area contributed by atoms with E-state index in [2.05, 4.69) is 6.07 Å². The first-order valence-electron chi connectivity index (χ1n) is 4.21. The standard InChI is InChI=1S/C10H13N3/c11-6-9-3-1-8(2-4-9)5-10(13)7-12/h1-4,10H,5,7,12-13H2. The fourth-order valence-corrected chi connectivity index (χ4v) is 1.10. The quantitative estimate of drug-likeness (QED) is 0.697. The number of hydrogen-bond donors (Lipinski definition) is 2. The zero-order valence-corrected chi connectivity index (χ0v) is 7.40. The average molecular weight is 175 g/mol. The van der Waals surface area contributed by atoms with Gasteiger partial charge in [-0.05, 0) is 24.1 Å². The lowest BCUT2D eigenvalue weighted by atomic mass is 10.1. The van der Waals surface area contributed by atoms with Crippen LogP contribution in [0, 0.1) is 11.3 Å². The predicted molar refractivity (Wildman–Crippen MR) is 51.9 cm³/mol. The summed E-state index contributed by atoms with van der Waals surface area (Å²) in [5, 5.41) is 8.56. The zero-order chi connectivity index (χ0) is 9.68. The Labute approximate surface area is 78.0 Å². The van der Waals surface area contributed by atoms with E-state index in [-0.39, 0.29) is 6.04 Å². The summed E-state index contributed by atoms with van der Waals surface area (Å²) in [6, 6.07) is 9.47. The number of nitrogens with two attached hydrogens (primary N) is 2. The fourth-order valence-electron chi connectivity index (χ4n) is 1.10. The fraction of sp³-hybridized carbons (Fsp3) is 0.300. The number of rotatable bonds is 3. The summed E-state index contributed by atoms with van der Waals surface area (Å²) in [5.74, 6) is 0. The molecule has 0 aromatic heterocycles. The first-order chi connectivity index (χ1) is 6.26. The van der Waals surface area contributed by atoms with E-state index in [9.17, 15) is 0 Å². The van der Waals surface area contributed by atoms with E-state index in [1.54, 1.807) is 12.1 Å². The predicted octanol–water partition coefficient (Wildman–Crippen LogP) is 0.387. The Bertz CT molecular complexity index is 297. The minimum atomic E-state index is 0.00735. The van der Waals surface area contributed by atoms with Crippen molar-refractivity contribution in [3.05, 3.63) is 35.4 Å². The van der Waals surface area contributed by atoms with Crippen molar-refractivity contribution in [1.82, 2.24) is 0 Å². The van der Waals surface area contributed by atoms with Crippen molar-refractivity contribution in [3.63, 3.8) is 0 Å². The van der Waals surface area contributed by atoms with E-state index in [0.29, 0.717) is 12.1 Å². The van der Waals surface area contributed by atoms with Crippen LogP contribution in [0.4, 0.5) is 0 Å². The van der Waals surface area contributed by atoms with E-state index in [4.69, 9.17) is 16.7 Å². The van der Waals surface area contributed by atoms with Gasteiger partial charge in [0.15, 0.2) is 0 Å². The Morgan fingerprint density at radius 1 is 1.31 bits per heavy atom. The molecule has 0 bridgehead atoms. The van der Waals surface area contributed by atoms with Crippen molar-refractivity contribution in [1.29, 1.82) is 5.26 Å². The molecule has 0 radical (unpaired) electrons. The van der Waals surface area contributed by atoms with Crippen LogP contribution >= 0.6 is 0 Å². The van der Waals surface area contributed by atoms with Gasteiger partial charge in [-0.15, -0.1) is 0 Å². The molecule has 1 aromatic rings. The van der Waals surface area contributed by atoms with Crippen LogP contribution in [0.1, 0.15) is 11.1 Å². The lowest BCUT2D eigenvalue weighted by molar-refractivity contribution is 0.678. The van der Waals surface area contributed by atoms with Crippen LogP contribution < -0.4 is 11.5 Å². The summed E-state index contributed by atoms with van der Waals surface area (Å²) in [6.45, 7) is 0.486. The summed E-state index contributed by atoms with van der Waals surface area (Å²) in [6.07, 6.45) is 0.766. The van der Waals surface area contributed by atoms with Gasteiger partial charge in [0.2, 0.25) is 0 Å². The molecule has 3 heteroatoms. The molecule has 1 aromatic carbocycles. The topological polar surface area (TPSA) is 75.8 Å². The molecule has 1 atom stereocenters. The molecule has 0 spiro atoms. The normalized spacial score (nSPS) is 12.1. The van der Waals surface area contributed by atoms with Gasteiger partial charge in [0.25, 0.3) is 0 Å². The molecule has 3 nitrogen and oxygen atoms in total. The van der Waals surface area contributed by atoms with Gasteiger partial charge < -0.3 is 11.5 Å². The second-order valence-electron chi connectivity index (χ2n) is 3.01. The molecule has 0 amide bonds. The Balaban J connectivity index is 2.65. The second kappa shape index (κ2) is 4.61. The van der Waals surface area contributed by atoms with Crippen molar-refractivity contribution in [2.45, 2.75) is 12.5 Å². The molecule has 0 aliphatic rings. The summed E-state index contributed by atoms with van der Waals surface area (Å²) in [4.78, 5) is 0. The van der Waals surface area contributed by atoms with Gasteiger partial charge in [0.05, 0.1) is 11.6 Å². The van der Waals surface area contributed by atoms with Crippen LogP contribution in [0.2, 0.25) is 0 Å². The number of nitrogens with zero attached hydrogens (tertiary/aromatic N) is 1. The van der Waals surface area contributed by atoms with Gasteiger partial charge >= 0.3 is 0 Å². The Hall–Kier alpha value is -1.37. The molecule has 1 rings (SSSR count). The molecule has 13 heavy (non-hydrogen) atoms. The Morgan fingerprint density at radius 2 is 1.92 bits per heavy atom. The lowest BCUT2D eigenvalue weighted by Gasteiger charge is -2.07. The van der Waals surface area contributed by atoms with Crippen LogP contribution in [0.5, 0.6) is 0 Å². The third kappa shape index (κ3) is 2.86. The molecule has 0 fully saturated rings. The molecular weight excluding hydrogens is 162 g/mol. The van der Waals surface area contributed by atoms with Crippen molar-refractivity contribution >= 4 is 0 Å². The number of benzene rings is 1. The highest BCUT2D eigenvalue weighted by Gasteiger charge is 2.00. The summed E-state index contributed by atoms with van der Waals surface area (Å²) in [5.41, 5.74) is 12.9. The van der Waals surface area contributed by atoms with E-state index in [1.165, 1.54) is 0 Å². The highest BCUT2D eigenvalue weighted by molar-refractivity contribution is 5.31. The van der Waals surface area contributed by atoms with Crippen LogP contribution in [0.15, 0.2) is 24.3 Å². The van der Waals surface area contributed by atoms with Gasteiger partial charge in [-0.2, -0.15) is 5.26 Å². The summed E-state index contributed by atoms with van der Waals surface area (Å²) < 4.78 is 0. The van der Waals surface area contributed by atoms with E-state index >= 15 is 0 Å². The molecule has 0 saturated carbocycles. The van der Waals surface area contributed by atoms with E-state index < -0.39 is 0 Å². The van der Waals surface area contributed by atoms with Gasteiger partial charge in [-0.25, -0.2) is 0 Å². The van der Waals surface area contributed by atoms with Crippen LogP contribution in [0.25, 0.3) is 0 Å². The smallest absolute Gasteiger partial charge is 0.0991 e. The molecule has 0 heterocycles. The largest absolute Gasteiger partial charge is 0.329 e. The zero-order valence-electron chi connectivity index (χ0n) is 7.40. The summed E-state index contributed by atoms with van der Waals surface area (Å²) >= 11 is 0. The van der Waals surface area contributed by atoms with Crippen molar-refractivity contribution in [2.75, 3.05) is 6.54 Å². The third-order valence-corrected chi connectivity index (χ3v) is 1.88. The maximum atomic E-state index is 8.56. The molecule has 4 N–H and O–H groups in total. The minimum Gasteiger partial charge on any atom is -0.329 e. The Kier molecular flexibility index (Phi) is 3.44. The van der Waals surface area contributed by atoms with Gasteiger partial charge in [0.1, 0.15) is 0 Å².